The number of nitrogens with zero attached hydrogens (tertiary/aromatic N) is 1. The van der Waals surface area contributed by atoms with E-state index in [-0.39, 0.29) is 11.8 Å². The number of hydrogen-bond donors (Lipinski definition) is 0. The Balaban J connectivity index is 2.07. The van der Waals surface area contributed by atoms with Crippen molar-refractivity contribution in [2.45, 2.75) is 98.2 Å². The smallest absolute Gasteiger partial charge is 0.212 e. The van der Waals surface area contributed by atoms with Gasteiger partial charge in [0.05, 0.1) is 12.2 Å². The molecule has 0 N–H and O–H groups in total. The van der Waals surface area contributed by atoms with Crippen LogP contribution in [0.1, 0.15) is 101 Å². The summed E-state index contributed by atoms with van der Waals surface area (Å²) < 4.78 is 22.6. The Morgan fingerprint density at radius 1 is 1.21 bits per heavy atom. The lowest BCUT2D eigenvalue weighted by Gasteiger charge is -2.21. The van der Waals surface area contributed by atoms with Crippen LogP contribution in [-0.2, 0) is 6.42 Å². The third-order valence-electron chi connectivity index (χ3n) is 7.34. The van der Waals surface area contributed by atoms with E-state index in [9.17, 15) is 9.18 Å². The van der Waals surface area contributed by atoms with Crippen molar-refractivity contribution in [3.05, 3.63) is 76.1 Å². The summed E-state index contributed by atoms with van der Waals surface area (Å²) in [5.74, 6) is 1.41. The van der Waals surface area contributed by atoms with Crippen molar-refractivity contribution < 1.29 is 18.5 Å². The SMILES string of the molecule is C=[N+](C1=CC=C(C)Cc2c(C(=O)CC)cc(OCCCC)cc21)C(CCC(C)C)CC1=CC=C=CC(F)C1. The summed E-state index contributed by atoms with van der Waals surface area (Å²) in [6.07, 6.45) is 14.8. The van der Waals surface area contributed by atoms with Crippen molar-refractivity contribution in [3.63, 3.8) is 0 Å². The van der Waals surface area contributed by atoms with E-state index >= 15 is 0 Å². The van der Waals surface area contributed by atoms with E-state index in [4.69, 9.17) is 4.74 Å². The lowest BCUT2D eigenvalue weighted by atomic mass is 9.90. The van der Waals surface area contributed by atoms with E-state index in [1.54, 1.807) is 0 Å². The highest BCUT2D eigenvalue weighted by molar-refractivity contribution is 5.99. The quantitative estimate of drug-likeness (QED) is 0.0860. The largest absolute Gasteiger partial charge is 0.494 e. The number of ketones is 1. The Morgan fingerprint density at radius 3 is 2.71 bits per heavy atom. The standard InChI is InChI=1S/C34H45FNO2/c1-7-9-18-38-29-22-31-30(32(23-29)34(37)8-2)19-25(5)15-17-33(31)36(6)28(16-14-24(3)4)21-26-12-10-11-13-27(35)20-26/h10,12-13,15,17,22-24,27-28H,6-9,14,16,18-21H2,1-5H3/q+1. The predicted octanol–water partition coefficient (Wildman–Crippen LogP) is 8.59. The molecule has 2 unspecified atom stereocenters. The number of hydrogen-bond acceptors (Lipinski definition) is 2. The second-order valence-electron chi connectivity index (χ2n) is 11.1. The number of halogens is 1. The molecule has 0 bridgehead atoms. The minimum atomic E-state index is -1.02. The zero-order chi connectivity index (χ0) is 27.7. The Morgan fingerprint density at radius 2 is 2.00 bits per heavy atom. The van der Waals surface area contributed by atoms with Crippen LogP contribution in [0.4, 0.5) is 4.39 Å². The van der Waals surface area contributed by atoms with Gasteiger partial charge in [-0.15, -0.1) is 5.73 Å². The second-order valence-corrected chi connectivity index (χ2v) is 11.1. The highest BCUT2D eigenvalue weighted by atomic mass is 19.1. The van der Waals surface area contributed by atoms with Crippen molar-refractivity contribution in [1.29, 1.82) is 0 Å². The van der Waals surface area contributed by atoms with Gasteiger partial charge in [-0.1, -0.05) is 57.4 Å². The average molecular weight is 519 g/mol. The molecular formula is C34H45FNO2+. The van der Waals surface area contributed by atoms with Crippen LogP contribution in [-0.4, -0.2) is 35.9 Å². The molecule has 2 aliphatic carbocycles. The summed E-state index contributed by atoms with van der Waals surface area (Å²) in [4.78, 5) is 13.1. The number of unbranched alkanes of at least 4 members (excludes halogenated alkanes) is 1. The fraction of sp³-hybridized carbons (Fsp3) is 0.500. The second kappa shape index (κ2) is 14.3. The minimum absolute atomic E-state index is 0.0863. The first-order chi connectivity index (χ1) is 18.2. The maximum Gasteiger partial charge on any atom is 0.212 e. The van der Waals surface area contributed by atoms with Crippen molar-refractivity contribution in [1.82, 2.24) is 0 Å². The molecule has 0 saturated carbocycles. The van der Waals surface area contributed by atoms with E-state index < -0.39 is 6.17 Å². The van der Waals surface area contributed by atoms with Gasteiger partial charge in [-0.2, -0.15) is 0 Å². The third-order valence-corrected chi connectivity index (χ3v) is 7.34. The van der Waals surface area contributed by atoms with Crippen molar-refractivity contribution in [3.8, 4) is 5.75 Å². The molecule has 2 aliphatic rings. The summed E-state index contributed by atoms with van der Waals surface area (Å²) in [6, 6.07) is 4.10. The Hall–Kier alpha value is -2.97. The van der Waals surface area contributed by atoms with Crippen LogP contribution in [0, 0.1) is 5.92 Å². The molecule has 3 rings (SSSR count). The molecule has 0 fully saturated rings. The lowest BCUT2D eigenvalue weighted by molar-refractivity contribution is -0.469. The molecule has 1 aromatic carbocycles. The molecule has 1 aromatic rings. The summed E-state index contributed by atoms with van der Waals surface area (Å²) in [5, 5.41) is 0. The van der Waals surface area contributed by atoms with E-state index in [0.29, 0.717) is 31.8 Å². The zero-order valence-electron chi connectivity index (χ0n) is 24.0. The van der Waals surface area contributed by atoms with Crippen LogP contribution in [0.15, 0.2) is 59.4 Å². The normalized spacial score (nSPS) is 17.7. The number of alkyl halides is 1. The molecule has 0 radical (unpaired) electrons. The molecule has 0 spiro atoms. The van der Waals surface area contributed by atoms with Gasteiger partial charge in [-0.05, 0) is 62.0 Å². The fourth-order valence-corrected chi connectivity index (χ4v) is 5.07. The molecule has 2 atom stereocenters. The molecular weight excluding hydrogens is 473 g/mol. The topological polar surface area (TPSA) is 29.3 Å². The van der Waals surface area contributed by atoms with Crippen molar-refractivity contribution >= 4 is 18.2 Å². The first kappa shape index (κ1) is 29.6. The van der Waals surface area contributed by atoms with Gasteiger partial charge in [0.1, 0.15) is 18.6 Å². The summed E-state index contributed by atoms with van der Waals surface area (Å²) in [6.45, 7) is 15.8. The fourth-order valence-electron chi connectivity index (χ4n) is 5.07. The van der Waals surface area contributed by atoms with Gasteiger partial charge in [-0.3, -0.25) is 4.79 Å². The number of rotatable bonds is 13. The van der Waals surface area contributed by atoms with E-state index in [1.807, 2.05) is 25.1 Å². The van der Waals surface area contributed by atoms with Gasteiger partial charge in [0.25, 0.3) is 0 Å². The maximum absolute atomic E-state index is 14.4. The molecule has 38 heavy (non-hydrogen) atoms. The first-order valence-electron chi connectivity index (χ1n) is 14.3. The van der Waals surface area contributed by atoms with E-state index in [0.717, 1.165) is 65.8 Å². The molecule has 0 aliphatic heterocycles. The van der Waals surface area contributed by atoms with Crippen LogP contribution in [0.3, 0.4) is 0 Å². The predicted molar refractivity (Wildman–Crippen MR) is 157 cm³/mol. The number of Topliss-reactive ketones (excluding diaryl/α,β-unsaturated/α-hetero) is 1. The molecule has 0 heterocycles. The van der Waals surface area contributed by atoms with Crippen LogP contribution in [0.25, 0.3) is 5.70 Å². The van der Waals surface area contributed by atoms with Gasteiger partial charge < -0.3 is 4.74 Å². The van der Waals surface area contributed by atoms with Crippen molar-refractivity contribution in [2.75, 3.05) is 6.61 Å². The van der Waals surface area contributed by atoms with E-state index in [1.165, 1.54) is 11.6 Å². The molecule has 3 nitrogen and oxygen atoms in total. The van der Waals surface area contributed by atoms with Crippen LogP contribution >= 0.6 is 0 Å². The third kappa shape index (κ3) is 8.01. The number of ether oxygens (including phenoxy) is 1. The number of fused-ring (bicyclic) bond motifs is 1. The number of allylic oxidation sites excluding steroid dienone is 5. The number of carbonyl (C=O) groups is 1. The maximum atomic E-state index is 14.4. The van der Waals surface area contributed by atoms with Gasteiger partial charge in [0.15, 0.2) is 11.8 Å². The van der Waals surface area contributed by atoms with Crippen LogP contribution in [0.2, 0.25) is 0 Å². The number of carbonyl (C=O) groups excluding carboxylic acids is 1. The number of benzene rings is 1. The molecule has 204 valence electrons. The minimum Gasteiger partial charge on any atom is -0.494 e. The van der Waals surface area contributed by atoms with Gasteiger partial charge in [0.2, 0.25) is 5.70 Å². The Bertz CT molecular complexity index is 1180. The van der Waals surface area contributed by atoms with Gasteiger partial charge in [-0.25, -0.2) is 8.97 Å². The molecule has 0 amide bonds. The molecule has 0 saturated heterocycles. The lowest BCUT2D eigenvalue weighted by Crippen LogP contribution is -2.26. The Labute approximate surface area is 229 Å². The molecule has 4 heteroatoms. The summed E-state index contributed by atoms with van der Waals surface area (Å²) in [7, 11) is 0. The zero-order valence-corrected chi connectivity index (χ0v) is 24.0. The van der Waals surface area contributed by atoms with Crippen LogP contribution in [0.5, 0.6) is 5.75 Å². The molecule has 0 aromatic heterocycles. The highest BCUT2D eigenvalue weighted by Crippen LogP contribution is 2.35. The monoisotopic (exact) mass is 518 g/mol. The van der Waals surface area contributed by atoms with Gasteiger partial charge >= 0.3 is 0 Å². The summed E-state index contributed by atoms with van der Waals surface area (Å²) >= 11 is 0. The summed E-state index contributed by atoms with van der Waals surface area (Å²) in [5.41, 5.74) is 8.96. The van der Waals surface area contributed by atoms with Crippen LogP contribution < -0.4 is 4.74 Å². The van der Waals surface area contributed by atoms with Crippen molar-refractivity contribution in [2.24, 2.45) is 5.92 Å². The average Bonchev–Trinajstić information content (AvgIpc) is 3.19. The first-order valence-corrected chi connectivity index (χ1v) is 14.3. The Kier molecular flexibility index (Phi) is 11.1. The van der Waals surface area contributed by atoms with Gasteiger partial charge in [0, 0.05) is 37.3 Å². The highest BCUT2D eigenvalue weighted by Gasteiger charge is 2.31. The van der Waals surface area contributed by atoms with E-state index in [2.05, 4.69) is 62.9 Å².